The Morgan fingerprint density at radius 1 is 1.00 bits per heavy atom. The highest BCUT2D eigenvalue weighted by Crippen LogP contribution is 2.54. The number of hydrogen-bond acceptors (Lipinski definition) is 2. The van der Waals surface area contributed by atoms with Crippen molar-refractivity contribution in [1.29, 1.82) is 0 Å². The highest BCUT2D eigenvalue weighted by molar-refractivity contribution is 6.30. The average molecular weight is 328 g/mol. The number of rotatable bonds is 4. The van der Waals surface area contributed by atoms with Gasteiger partial charge in [0.05, 0.1) is 5.41 Å². The van der Waals surface area contributed by atoms with Crippen LogP contribution >= 0.6 is 11.6 Å². The first-order valence-corrected chi connectivity index (χ1v) is 9.22. The fraction of sp³-hybridized carbons (Fsp3) is 0.579. The van der Waals surface area contributed by atoms with E-state index in [9.17, 15) is 0 Å². The second kappa shape index (κ2) is 4.60. The first-order chi connectivity index (χ1) is 11.1. The van der Waals surface area contributed by atoms with Crippen molar-refractivity contribution in [3.05, 3.63) is 46.5 Å². The quantitative estimate of drug-likeness (QED) is 0.808. The van der Waals surface area contributed by atoms with Gasteiger partial charge >= 0.3 is 0 Å². The fourth-order valence-electron chi connectivity index (χ4n) is 4.06. The van der Waals surface area contributed by atoms with Gasteiger partial charge in [-0.05, 0) is 56.2 Å². The molecule has 3 fully saturated rings. The molecule has 0 radical (unpaired) electrons. The summed E-state index contributed by atoms with van der Waals surface area (Å²) in [7, 11) is 0. The molecule has 2 aromatic rings. The van der Waals surface area contributed by atoms with E-state index in [4.69, 9.17) is 16.7 Å². The number of nitrogens with zero attached hydrogens (tertiary/aromatic N) is 3. The molecule has 0 saturated heterocycles. The lowest BCUT2D eigenvalue weighted by Gasteiger charge is -2.42. The molecule has 0 aliphatic heterocycles. The van der Waals surface area contributed by atoms with Gasteiger partial charge in [-0.1, -0.05) is 37.1 Å². The Labute approximate surface area is 142 Å². The molecular formula is C19H22ClN3. The van der Waals surface area contributed by atoms with Crippen molar-refractivity contribution in [3.8, 4) is 0 Å². The van der Waals surface area contributed by atoms with E-state index in [0.29, 0.717) is 6.04 Å². The summed E-state index contributed by atoms with van der Waals surface area (Å²) in [4.78, 5) is 0. The van der Waals surface area contributed by atoms with Crippen molar-refractivity contribution in [3.63, 3.8) is 0 Å². The third kappa shape index (κ3) is 2.02. The highest BCUT2D eigenvalue weighted by atomic mass is 35.5. The third-order valence-corrected chi connectivity index (χ3v) is 6.43. The Morgan fingerprint density at radius 2 is 1.65 bits per heavy atom. The van der Waals surface area contributed by atoms with Crippen LogP contribution in [0.15, 0.2) is 24.3 Å². The van der Waals surface area contributed by atoms with E-state index < -0.39 is 0 Å². The van der Waals surface area contributed by atoms with E-state index in [-0.39, 0.29) is 10.8 Å². The van der Waals surface area contributed by atoms with Crippen LogP contribution in [0.1, 0.15) is 75.1 Å². The van der Waals surface area contributed by atoms with E-state index in [0.717, 1.165) is 5.02 Å². The normalized spacial score (nSPS) is 24.3. The smallest absolute Gasteiger partial charge is 0.143 e. The van der Waals surface area contributed by atoms with Crippen LogP contribution in [0, 0.1) is 0 Å². The summed E-state index contributed by atoms with van der Waals surface area (Å²) < 4.78 is 2.53. The molecule has 0 unspecified atom stereocenters. The van der Waals surface area contributed by atoms with Crippen molar-refractivity contribution in [2.75, 3.05) is 0 Å². The summed E-state index contributed by atoms with van der Waals surface area (Å²) >= 11 is 6.10. The van der Waals surface area contributed by atoms with Crippen LogP contribution in [-0.4, -0.2) is 14.8 Å². The number of hydrogen-bond donors (Lipinski definition) is 0. The molecule has 23 heavy (non-hydrogen) atoms. The Morgan fingerprint density at radius 3 is 2.17 bits per heavy atom. The summed E-state index contributed by atoms with van der Waals surface area (Å²) in [6.07, 6.45) is 8.70. The van der Waals surface area contributed by atoms with Gasteiger partial charge in [0.1, 0.15) is 11.6 Å². The first-order valence-electron chi connectivity index (χ1n) is 8.84. The van der Waals surface area contributed by atoms with E-state index in [1.807, 2.05) is 12.1 Å². The van der Waals surface area contributed by atoms with E-state index >= 15 is 0 Å². The lowest BCUT2D eigenvalue weighted by Crippen LogP contribution is -2.38. The van der Waals surface area contributed by atoms with Crippen LogP contribution < -0.4 is 0 Å². The largest absolute Gasteiger partial charge is 0.311 e. The molecule has 0 bridgehead atoms. The molecule has 0 N–H and O–H groups in total. The van der Waals surface area contributed by atoms with Crippen LogP contribution in [0.5, 0.6) is 0 Å². The lowest BCUT2D eigenvalue weighted by molar-refractivity contribution is 0.273. The maximum atomic E-state index is 6.10. The van der Waals surface area contributed by atoms with Gasteiger partial charge < -0.3 is 4.57 Å². The van der Waals surface area contributed by atoms with Gasteiger partial charge in [0.25, 0.3) is 0 Å². The van der Waals surface area contributed by atoms with Gasteiger partial charge in [-0.25, -0.2) is 0 Å². The lowest BCUT2D eigenvalue weighted by atomic mass is 9.63. The zero-order chi connectivity index (χ0) is 15.7. The molecule has 3 aliphatic rings. The van der Waals surface area contributed by atoms with Crippen molar-refractivity contribution >= 4 is 11.6 Å². The van der Waals surface area contributed by atoms with Gasteiger partial charge in [-0.3, -0.25) is 0 Å². The van der Waals surface area contributed by atoms with Crippen molar-refractivity contribution in [2.45, 2.75) is 68.7 Å². The maximum Gasteiger partial charge on any atom is 0.143 e. The third-order valence-electron chi connectivity index (χ3n) is 6.18. The second-order valence-corrected chi connectivity index (χ2v) is 8.39. The Hall–Kier alpha value is -1.35. The predicted octanol–water partition coefficient (Wildman–Crippen LogP) is 4.79. The van der Waals surface area contributed by atoms with Gasteiger partial charge in [0, 0.05) is 16.5 Å². The molecule has 0 atom stereocenters. The average Bonchev–Trinajstić information content (AvgIpc) is 3.42. The van der Waals surface area contributed by atoms with Crippen molar-refractivity contribution in [1.82, 2.24) is 14.8 Å². The maximum absolute atomic E-state index is 6.10. The molecule has 3 nitrogen and oxygen atoms in total. The minimum atomic E-state index is 0.0592. The molecule has 1 aromatic heterocycles. The Balaban J connectivity index is 1.65. The number of halogens is 1. The Kier molecular flexibility index (Phi) is 2.80. The van der Waals surface area contributed by atoms with Crippen LogP contribution in [-0.2, 0) is 10.8 Å². The molecule has 4 heteroatoms. The molecule has 0 amide bonds. The molecule has 1 heterocycles. The molecule has 120 valence electrons. The summed E-state index contributed by atoms with van der Waals surface area (Å²) in [6, 6.07) is 9.03. The number of aromatic nitrogens is 3. The minimum Gasteiger partial charge on any atom is -0.311 e. The highest BCUT2D eigenvalue weighted by Gasteiger charge is 2.51. The predicted molar refractivity (Wildman–Crippen MR) is 91.0 cm³/mol. The summed E-state index contributed by atoms with van der Waals surface area (Å²) in [5.74, 6) is 2.46. The fourth-order valence-corrected chi connectivity index (χ4v) is 4.19. The molecule has 0 spiro atoms. The van der Waals surface area contributed by atoms with Crippen LogP contribution in [0.2, 0.25) is 5.02 Å². The van der Waals surface area contributed by atoms with Crippen molar-refractivity contribution in [2.24, 2.45) is 0 Å². The van der Waals surface area contributed by atoms with Gasteiger partial charge in [0.15, 0.2) is 0 Å². The monoisotopic (exact) mass is 327 g/mol. The summed E-state index contributed by atoms with van der Waals surface area (Å²) in [6.45, 7) is 2.34. The SMILES string of the molecule is CC1(c2nnc(C3(c4ccc(Cl)cc4)CCC3)n2C2CC2)CC1. The van der Waals surface area contributed by atoms with Crippen LogP contribution in [0.25, 0.3) is 0 Å². The molecule has 1 aromatic carbocycles. The Bertz CT molecular complexity index is 749. The topological polar surface area (TPSA) is 30.7 Å². The second-order valence-electron chi connectivity index (χ2n) is 7.95. The summed E-state index contributed by atoms with van der Waals surface area (Å²) in [5.41, 5.74) is 1.69. The molecule has 3 saturated carbocycles. The standard InChI is InChI=1S/C19H22ClN3/c1-18(11-12-18)16-21-22-17(23(16)15-7-8-15)19(9-2-10-19)13-3-5-14(20)6-4-13/h3-6,15H,2,7-12H2,1H3. The van der Waals surface area contributed by atoms with Gasteiger partial charge in [-0.15, -0.1) is 10.2 Å². The van der Waals surface area contributed by atoms with E-state index in [1.54, 1.807) is 0 Å². The van der Waals surface area contributed by atoms with E-state index in [2.05, 4.69) is 28.7 Å². The van der Waals surface area contributed by atoms with E-state index in [1.165, 1.54) is 62.2 Å². The molecule has 5 rings (SSSR count). The minimum absolute atomic E-state index is 0.0592. The number of benzene rings is 1. The molecular weight excluding hydrogens is 306 g/mol. The zero-order valence-corrected chi connectivity index (χ0v) is 14.3. The van der Waals surface area contributed by atoms with Crippen molar-refractivity contribution < 1.29 is 0 Å². The molecule has 3 aliphatic carbocycles. The first kappa shape index (κ1) is 14.0. The van der Waals surface area contributed by atoms with Crippen LogP contribution in [0.3, 0.4) is 0 Å². The van der Waals surface area contributed by atoms with Gasteiger partial charge in [-0.2, -0.15) is 0 Å². The van der Waals surface area contributed by atoms with Gasteiger partial charge in [0.2, 0.25) is 0 Å². The van der Waals surface area contributed by atoms with Crippen LogP contribution in [0.4, 0.5) is 0 Å². The zero-order valence-electron chi connectivity index (χ0n) is 13.6. The summed E-state index contributed by atoms with van der Waals surface area (Å²) in [5, 5.41) is 10.2.